The normalized spacial score (nSPS) is 64.4. The Balaban J connectivity index is 2.03. The van der Waals surface area contributed by atoms with Gasteiger partial charge in [0.2, 0.25) is 0 Å². The van der Waals surface area contributed by atoms with E-state index in [4.69, 9.17) is 0 Å². The molecule has 0 amide bonds. The first-order chi connectivity index (χ1) is 6.02. The second-order valence-electron chi connectivity index (χ2n) is 5.39. The van der Waals surface area contributed by atoms with Crippen molar-refractivity contribution in [2.75, 3.05) is 0 Å². The highest BCUT2D eigenvalue weighted by Crippen LogP contribution is 2.57. The van der Waals surface area contributed by atoms with Gasteiger partial charge in [-0.05, 0) is 43.9 Å². The molecule has 0 radical (unpaired) electrons. The number of aliphatic hydroxyl groups is 3. The summed E-state index contributed by atoms with van der Waals surface area (Å²) < 4.78 is 0. The van der Waals surface area contributed by atoms with Crippen LogP contribution in [0.5, 0.6) is 0 Å². The average molecular weight is 184 g/mol. The maximum atomic E-state index is 10.1. The van der Waals surface area contributed by atoms with Gasteiger partial charge in [-0.1, -0.05) is 0 Å². The van der Waals surface area contributed by atoms with Crippen molar-refractivity contribution in [1.29, 1.82) is 0 Å². The van der Waals surface area contributed by atoms with E-state index < -0.39 is 17.3 Å². The van der Waals surface area contributed by atoms with Gasteiger partial charge in [-0.3, -0.25) is 0 Å². The lowest BCUT2D eigenvalue weighted by atomic mass is 9.51. The molecule has 4 fully saturated rings. The smallest absolute Gasteiger partial charge is 0.111 e. The SMILES string of the molecule is OC1C2(O)CC3CC(C2)CC1(O)C3. The standard InChI is InChI=1S/C10H16O3/c11-8-9(12)2-6-1-7(4-9)5-10(8,13)3-6/h6-8,11-13H,1-5H2. The van der Waals surface area contributed by atoms with Crippen molar-refractivity contribution in [2.45, 2.75) is 49.4 Å². The largest absolute Gasteiger partial charge is 0.387 e. The summed E-state index contributed by atoms with van der Waals surface area (Å²) in [6.07, 6.45) is 2.98. The summed E-state index contributed by atoms with van der Waals surface area (Å²) in [5.41, 5.74) is -1.95. The monoisotopic (exact) mass is 184 g/mol. The Morgan fingerprint density at radius 2 is 1.23 bits per heavy atom. The fourth-order valence-electron chi connectivity index (χ4n) is 4.06. The Hall–Kier alpha value is -0.120. The molecule has 0 aromatic rings. The highest BCUT2D eigenvalue weighted by molar-refractivity contribution is 5.14. The number of aliphatic hydroxyl groups excluding tert-OH is 1. The Bertz CT molecular complexity index is 215. The summed E-state index contributed by atoms with van der Waals surface area (Å²) in [5, 5.41) is 30.1. The van der Waals surface area contributed by atoms with Crippen molar-refractivity contribution in [3.05, 3.63) is 0 Å². The van der Waals surface area contributed by atoms with Crippen LogP contribution in [0.15, 0.2) is 0 Å². The van der Waals surface area contributed by atoms with E-state index in [1.165, 1.54) is 0 Å². The first kappa shape index (κ1) is 8.21. The van der Waals surface area contributed by atoms with Crippen LogP contribution in [-0.4, -0.2) is 32.6 Å². The average Bonchev–Trinajstić information content (AvgIpc) is 1.97. The van der Waals surface area contributed by atoms with Crippen LogP contribution < -0.4 is 0 Å². The quantitative estimate of drug-likeness (QED) is 0.498. The van der Waals surface area contributed by atoms with Crippen LogP contribution in [0.2, 0.25) is 0 Å². The van der Waals surface area contributed by atoms with Gasteiger partial charge in [-0.2, -0.15) is 0 Å². The third kappa shape index (κ3) is 0.901. The van der Waals surface area contributed by atoms with Crippen LogP contribution in [-0.2, 0) is 0 Å². The molecule has 0 aromatic carbocycles. The topological polar surface area (TPSA) is 60.7 Å². The third-order valence-electron chi connectivity index (χ3n) is 4.25. The molecule has 0 spiro atoms. The third-order valence-corrected chi connectivity index (χ3v) is 4.25. The summed E-state index contributed by atoms with van der Waals surface area (Å²) in [7, 11) is 0. The van der Waals surface area contributed by atoms with E-state index in [0.717, 1.165) is 6.42 Å². The molecule has 0 atom stereocenters. The zero-order valence-electron chi connectivity index (χ0n) is 7.61. The Kier molecular flexibility index (Phi) is 1.33. The summed E-state index contributed by atoms with van der Waals surface area (Å²) in [6, 6.07) is 0. The minimum atomic E-state index is -0.973. The zero-order valence-corrected chi connectivity index (χ0v) is 7.61. The van der Waals surface area contributed by atoms with Crippen LogP contribution in [0.4, 0.5) is 0 Å². The van der Waals surface area contributed by atoms with Crippen molar-refractivity contribution < 1.29 is 15.3 Å². The minimum absolute atomic E-state index is 0.436. The lowest BCUT2D eigenvalue weighted by Crippen LogP contribution is -2.69. The lowest BCUT2D eigenvalue weighted by molar-refractivity contribution is -0.270. The van der Waals surface area contributed by atoms with E-state index in [1.54, 1.807) is 0 Å². The molecule has 0 aromatic heterocycles. The zero-order chi connectivity index (χ0) is 9.27. The molecule has 74 valence electrons. The van der Waals surface area contributed by atoms with Gasteiger partial charge in [0.1, 0.15) is 6.10 Å². The van der Waals surface area contributed by atoms with Crippen LogP contribution in [0, 0.1) is 11.8 Å². The molecule has 4 aliphatic rings. The predicted molar refractivity (Wildman–Crippen MR) is 46.0 cm³/mol. The summed E-state index contributed by atoms with van der Waals surface area (Å²) in [5.74, 6) is 0.872. The number of rotatable bonds is 0. The van der Waals surface area contributed by atoms with Gasteiger partial charge < -0.3 is 15.3 Å². The molecule has 0 saturated heterocycles. The van der Waals surface area contributed by atoms with Gasteiger partial charge in [-0.25, -0.2) is 0 Å². The Morgan fingerprint density at radius 3 is 1.62 bits per heavy atom. The second-order valence-corrected chi connectivity index (χ2v) is 5.39. The van der Waals surface area contributed by atoms with E-state index in [0.29, 0.717) is 37.5 Å². The maximum absolute atomic E-state index is 10.1. The molecule has 4 rings (SSSR count). The van der Waals surface area contributed by atoms with Crippen molar-refractivity contribution in [3.8, 4) is 0 Å². The molecule has 13 heavy (non-hydrogen) atoms. The Labute approximate surface area is 77.4 Å². The molecule has 4 aliphatic carbocycles. The van der Waals surface area contributed by atoms with Crippen molar-refractivity contribution >= 4 is 0 Å². The number of hydrogen-bond donors (Lipinski definition) is 3. The Morgan fingerprint density at radius 1 is 0.846 bits per heavy atom. The van der Waals surface area contributed by atoms with Crippen molar-refractivity contribution in [3.63, 3.8) is 0 Å². The van der Waals surface area contributed by atoms with Gasteiger partial charge in [0.25, 0.3) is 0 Å². The molecule has 3 nitrogen and oxygen atoms in total. The molecule has 0 heterocycles. The van der Waals surface area contributed by atoms with Gasteiger partial charge in [-0.15, -0.1) is 0 Å². The first-order valence-electron chi connectivity index (χ1n) is 5.15. The fraction of sp³-hybridized carbons (Fsp3) is 1.00. The molecular weight excluding hydrogens is 168 g/mol. The molecule has 0 aliphatic heterocycles. The van der Waals surface area contributed by atoms with E-state index >= 15 is 0 Å². The molecule has 3 heteroatoms. The molecular formula is C10H16O3. The predicted octanol–water partition coefficient (Wildman–Crippen LogP) is 0.0332. The highest BCUT2D eigenvalue weighted by Gasteiger charge is 2.62. The maximum Gasteiger partial charge on any atom is 0.111 e. The molecule has 4 bridgehead atoms. The van der Waals surface area contributed by atoms with E-state index in [9.17, 15) is 15.3 Å². The van der Waals surface area contributed by atoms with Crippen molar-refractivity contribution in [2.24, 2.45) is 11.8 Å². The summed E-state index contributed by atoms with van der Waals surface area (Å²) in [6.45, 7) is 0. The minimum Gasteiger partial charge on any atom is -0.387 e. The van der Waals surface area contributed by atoms with E-state index in [2.05, 4.69) is 0 Å². The van der Waals surface area contributed by atoms with E-state index in [1.807, 2.05) is 0 Å². The van der Waals surface area contributed by atoms with Crippen LogP contribution >= 0.6 is 0 Å². The van der Waals surface area contributed by atoms with Crippen LogP contribution in [0.25, 0.3) is 0 Å². The van der Waals surface area contributed by atoms with Gasteiger partial charge in [0, 0.05) is 0 Å². The van der Waals surface area contributed by atoms with Crippen LogP contribution in [0.1, 0.15) is 32.1 Å². The highest BCUT2D eigenvalue weighted by atomic mass is 16.4. The van der Waals surface area contributed by atoms with Gasteiger partial charge in [0.15, 0.2) is 0 Å². The van der Waals surface area contributed by atoms with Crippen molar-refractivity contribution in [1.82, 2.24) is 0 Å². The fourth-order valence-corrected chi connectivity index (χ4v) is 4.06. The summed E-state index contributed by atoms with van der Waals surface area (Å²) in [4.78, 5) is 0. The first-order valence-corrected chi connectivity index (χ1v) is 5.15. The van der Waals surface area contributed by atoms with E-state index in [-0.39, 0.29) is 0 Å². The number of hydrogen-bond acceptors (Lipinski definition) is 3. The van der Waals surface area contributed by atoms with Gasteiger partial charge >= 0.3 is 0 Å². The van der Waals surface area contributed by atoms with Crippen LogP contribution in [0.3, 0.4) is 0 Å². The molecule has 4 saturated carbocycles. The molecule has 0 unspecified atom stereocenters. The summed E-state index contributed by atoms with van der Waals surface area (Å²) >= 11 is 0. The lowest BCUT2D eigenvalue weighted by Gasteiger charge is -2.60. The second kappa shape index (κ2) is 2.10. The van der Waals surface area contributed by atoms with Gasteiger partial charge in [0.05, 0.1) is 11.2 Å². The molecule has 3 N–H and O–H groups in total.